The number of benzene rings is 2. The first-order valence-corrected chi connectivity index (χ1v) is 7.42. The molecule has 0 aliphatic carbocycles. The maximum absolute atomic E-state index is 11.5. The molecular weight excluding hydrogens is 288 g/mol. The second-order valence-electron chi connectivity index (χ2n) is 5.26. The van der Waals surface area contributed by atoms with E-state index in [2.05, 4.69) is 27.0 Å². The quantitative estimate of drug-likeness (QED) is 0.787. The standard InChI is InChI=1S/C18H16N4O/c19-10-8-18(23)21-15-6-7-17-16(12-15)20-13-22(17)11-9-14-4-2-1-3-5-14/h1-7,12-13H,8-9,11H2,(H,21,23). The van der Waals surface area contributed by atoms with E-state index >= 15 is 0 Å². The first-order valence-electron chi connectivity index (χ1n) is 7.42. The minimum absolute atomic E-state index is 0.149. The van der Waals surface area contributed by atoms with Crippen LogP contribution in [-0.2, 0) is 17.8 Å². The normalized spacial score (nSPS) is 10.4. The van der Waals surface area contributed by atoms with Crippen molar-refractivity contribution >= 4 is 22.6 Å². The predicted octanol–water partition coefficient (Wildman–Crippen LogP) is 3.13. The van der Waals surface area contributed by atoms with Crippen molar-refractivity contribution in [2.45, 2.75) is 19.4 Å². The Kier molecular flexibility index (Phi) is 4.34. The van der Waals surface area contributed by atoms with Gasteiger partial charge in [-0.15, -0.1) is 0 Å². The minimum Gasteiger partial charge on any atom is -0.330 e. The number of carbonyl (C=O) groups is 1. The molecule has 114 valence electrons. The second kappa shape index (κ2) is 6.75. The average Bonchev–Trinajstić information content (AvgIpc) is 2.96. The lowest BCUT2D eigenvalue weighted by atomic mass is 10.1. The van der Waals surface area contributed by atoms with E-state index in [1.807, 2.05) is 48.8 Å². The van der Waals surface area contributed by atoms with Crippen molar-refractivity contribution in [3.63, 3.8) is 0 Å². The lowest BCUT2D eigenvalue weighted by Gasteiger charge is -2.06. The molecule has 0 aliphatic rings. The summed E-state index contributed by atoms with van der Waals surface area (Å²) in [7, 11) is 0. The monoisotopic (exact) mass is 304 g/mol. The van der Waals surface area contributed by atoms with Crippen LogP contribution in [0.2, 0.25) is 0 Å². The zero-order valence-electron chi connectivity index (χ0n) is 12.6. The van der Waals surface area contributed by atoms with Crippen molar-refractivity contribution in [3.05, 3.63) is 60.4 Å². The lowest BCUT2D eigenvalue weighted by Crippen LogP contribution is -2.09. The number of anilines is 1. The Labute approximate surface area is 134 Å². The summed E-state index contributed by atoms with van der Waals surface area (Å²) in [5.41, 5.74) is 3.80. The van der Waals surface area contributed by atoms with Crippen LogP contribution in [0.15, 0.2) is 54.9 Å². The van der Waals surface area contributed by atoms with Gasteiger partial charge in [0.05, 0.1) is 23.4 Å². The lowest BCUT2D eigenvalue weighted by molar-refractivity contribution is -0.115. The van der Waals surface area contributed by atoms with Crippen LogP contribution in [0.1, 0.15) is 12.0 Å². The number of nitrogens with one attached hydrogen (secondary N) is 1. The van der Waals surface area contributed by atoms with Gasteiger partial charge in [0.2, 0.25) is 5.91 Å². The second-order valence-corrected chi connectivity index (χ2v) is 5.26. The summed E-state index contributed by atoms with van der Waals surface area (Å²) in [5.74, 6) is -0.310. The molecular formula is C18H16N4O. The van der Waals surface area contributed by atoms with Gasteiger partial charge < -0.3 is 9.88 Å². The van der Waals surface area contributed by atoms with Gasteiger partial charge >= 0.3 is 0 Å². The van der Waals surface area contributed by atoms with Gasteiger partial charge in [-0.1, -0.05) is 30.3 Å². The largest absolute Gasteiger partial charge is 0.330 e. The fourth-order valence-electron chi connectivity index (χ4n) is 2.49. The Morgan fingerprint density at radius 3 is 2.83 bits per heavy atom. The molecule has 0 saturated carbocycles. The van der Waals surface area contributed by atoms with Crippen molar-refractivity contribution in [2.75, 3.05) is 5.32 Å². The molecule has 3 rings (SSSR count). The van der Waals surface area contributed by atoms with E-state index < -0.39 is 0 Å². The zero-order valence-corrected chi connectivity index (χ0v) is 12.6. The number of fused-ring (bicyclic) bond motifs is 1. The molecule has 0 saturated heterocycles. The molecule has 3 aromatic rings. The van der Waals surface area contributed by atoms with E-state index in [0.717, 1.165) is 24.0 Å². The van der Waals surface area contributed by atoms with Gasteiger partial charge in [0.1, 0.15) is 6.42 Å². The van der Waals surface area contributed by atoms with E-state index in [1.54, 1.807) is 0 Å². The van der Waals surface area contributed by atoms with Crippen LogP contribution < -0.4 is 5.32 Å². The van der Waals surface area contributed by atoms with Crippen LogP contribution in [0.3, 0.4) is 0 Å². The highest BCUT2D eigenvalue weighted by atomic mass is 16.1. The van der Waals surface area contributed by atoms with Crippen LogP contribution in [0, 0.1) is 11.3 Å². The number of aromatic nitrogens is 2. The molecule has 0 spiro atoms. The van der Waals surface area contributed by atoms with Crippen LogP contribution in [0.5, 0.6) is 0 Å². The van der Waals surface area contributed by atoms with Crippen LogP contribution >= 0.6 is 0 Å². The van der Waals surface area contributed by atoms with E-state index in [9.17, 15) is 4.79 Å². The van der Waals surface area contributed by atoms with Crippen molar-refractivity contribution in [3.8, 4) is 6.07 Å². The van der Waals surface area contributed by atoms with Gasteiger partial charge in [0.25, 0.3) is 0 Å². The van der Waals surface area contributed by atoms with Crippen LogP contribution in [0.4, 0.5) is 5.69 Å². The number of imidazole rings is 1. The van der Waals surface area contributed by atoms with E-state index in [1.165, 1.54) is 5.56 Å². The molecule has 1 heterocycles. The SMILES string of the molecule is N#CCC(=O)Nc1ccc2c(c1)ncn2CCc1ccccc1. The summed E-state index contributed by atoms with van der Waals surface area (Å²) in [6, 6.07) is 17.7. The molecule has 0 aliphatic heterocycles. The van der Waals surface area contributed by atoms with Crippen molar-refractivity contribution < 1.29 is 4.79 Å². The van der Waals surface area contributed by atoms with Gasteiger partial charge in [0.15, 0.2) is 0 Å². The molecule has 1 N–H and O–H groups in total. The van der Waals surface area contributed by atoms with E-state index in [4.69, 9.17) is 5.26 Å². The molecule has 0 bridgehead atoms. The van der Waals surface area contributed by atoms with Gasteiger partial charge in [0, 0.05) is 12.2 Å². The van der Waals surface area contributed by atoms with Gasteiger partial charge in [-0.3, -0.25) is 4.79 Å². The number of hydrogen-bond donors (Lipinski definition) is 1. The molecule has 5 nitrogen and oxygen atoms in total. The molecule has 1 amide bonds. The van der Waals surface area contributed by atoms with Gasteiger partial charge in [-0.05, 0) is 30.2 Å². The van der Waals surface area contributed by atoms with Gasteiger partial charge in [-0.2, -0.15) is 5.26 Å². The topological polar surface area (TPSA) is 70.7 Å². The highest BCUT2D eigenvalue weighted by Gasteiger charge is 2.06. The van der Waals surface area contributed by atoms with Crippen LogP contribution in [-0.4, -0.2) is 15.5 Å². The first-order chi connectivity index (χ1) is 11.3. The Morgan fingerprint density at radius 1 is 1.22 bits per heavy atom. The summed E-state index contributed by atoms with van der Waals surface area (Å²) in [6.45, 7) is 0.848. The third kappa shape index (κ3) is 3.55. The van der Waals surface area contributed by atoms with E-state index in [-0.39, 0.29) is 12.3 Å². The molecule has 0 unspecified atom stereocenters. The third-order valence-electron chi connectivity index (χ3n) is 3.63. The fraction of sp³-hybridized carbons (Fsp3) is 0.167. The summed E-state index contributed by atoms with van der Waals surface area (Å²) < 4.78 is 2.10. The minimum atomic E-state index is -0.310. The number of rotatable bonds is 5. The molecule has 2 aromatic carbocycles. The predicted molar refractivity (Wildman–Crippen MR) is 88.7 cm³/mol. The maximum atomic E-state index is 11.5. The van der Waals surface area contributed by atoms with Gasteiger partial charge in [-0.25, -0.2) is 4.98 Å². The average molecular weight is 304 g/mol. The Bertz CT molecular complexity index is 862. The highest BCUT2D eigenvalue weighted by molar-refractivity contribution is 5.94. The summed E-state index contributed by atoms with van der Waals surface area (Å²) >= 11 is 0. The summed E-state index contributed by atoms with van der Waals surface area (Å²) in [4.78, 5) is 15.8. The summed E-state index contributed by atoms with van der Waals surface area (Å²) in [5, 5.41) is 11.2. The van der Waals surface area contributed by atoms with E-state index in [0.29, 0.717) is 5.69 Å². The third-order valence-corrected chi connectivity index (χ3v) is 3.63. The smallest absolute Gasteiger partial charge is 0.238 e. The highest BCUT2D eigenvalue weighted by Crippen LogP contribution is 2.19. The van der Waals surface area contributed by atoms with Crippen LogP contribution in [0.25, 0.3) is 11.0 Å². The molecule has 0 atom stereocenters. The maximum Gasteiger partial charge on any atom is 0.238 e. The Morgan fingerprint density at radius 2 is 2.04 bits per heavy atom. The number of nitrogens with zero attached hydrogens (tertiary/aromatic N) is 3. The van der Waals surface area contributed by atoms with Crippen molar-refractivity contribution in [1.82, 2.24) is 9.55 Å². The molecule has 0 fully saturated rings. The van der Waals surface area contributed by atoms with Crippen molar-refractivity contribution in [1.29, 1.82) is 5.26 Å². The number of aryl methyl sites for hydroxylation is 2. The zero-order chi connectivity index (χ0) is 16.1. The molecule has 5 heteroatoms. The Balaban J connectivity index is 1.74. The molecule has 1 aromatic heterocycles. The number of amides is 1. The molecule has 23 heavy (non-hydrogen) atoms. The number of hydrogen-bond acceptors (Lipinski definition) is 3. The Hall–Kier alpha value is -3.13. The van der Waals surface area contributed by atoms with Crippen molar-refractivity contribution in [2.24, 2.45) is 0 Å². The summed E-state index contributed by atoms with van der Waals surface area (Å²) in [6.07, 6.45) is 2.60. The number of nitriles is 1. The fourth-order valence-corrected chi connectivity index (χ4v) is 2.49. The first kappa shape index (κ1) is 14.8. The number of carbonyl (C=O) groups excluding carboxylic acids is 1. The molecule has 0 radical (unpaired) electrons.